The molecular weight excluding hydrogens is 224 g/mol. The molecule has 0 bridgehead atoms. The number of fused-ring (bicyclic) bond motifs is 1. The standard InChI is InChI=1S/C15H22N2O/c1-15(2,3)9-11-4-5-12-10-17(7-6-16)14(18)13(12)8-11/h4-5,8H,6-7,9-10,16H2,1-3H3. The van der Waals surface area contributed by atoms with Gasteiger partial charge in [-0.2, -0.15) is 0 Å². The van der Waals surface area contributed by atoms with Crippen LogP contribution in [-0.4, -0.2) is 23.9 Å². The first-order valence-corrected chi connectivity index (χ1v) is 6.52. The lowest BCUT2D eigenvalue weighted by molar-refractivity contribution is 0.0783. The Morgan fingerprint density at radius 2 is 2.06 bits per heavy atom. The van der Waals surface area contributed by atoms with E-state index in [9.17, 15) is 4.79 Å². The van der Waals surface area contributed by atoms with Crippen molar-refractivity contribution >= 4 is 5.91 Å². The second-order valence-electron chi connectivity index (χ2n) is 6.24. The minimum absolute atomic E-state index is 0.131. The largest absolute Gasteiger partial charge is 0.333 e. The van der Waals surface area contributed by atoms with Gasteiger partial charge in [-0.05, 0) is 29.0 Å². The monoisotopic (exact) mass is 246 g/mol. The Balaban J connectivity index is 2.22. The van der Waals surface area contributed by atoms with E-state index in [1.807, 2.05) is 4.90 Å². The van der Waals surface area contributed by atoms with Gasteiger partial charge in [-0.3, -0.25) is 4.79 Å². The summed E-state index contributed by atoms with van der Waals surface area (Å²) in [7, 11) is 0. The summed E-state index contributed by atoms with van der Waals surface area (Å²) >= 11 is 0. The molecule has 1 aromatic rings. The molecule has 2 N–H and O–H groups in total. The Bertz CT molecular complexity index is 460. The number of rotatable bonds is 3. The van der Waals surface area contributed by atoms with E-state index in [4.69, 9.17) is 5.73 Å². The summed E-state index contributed by atoms with van der Waals surface area (Å²) in [4.78, 5) is 14.0. The van der Waals surface area contributed by atoms with E-state index >= 15 is 0 Å². The fourth-order valence-electron chi connectivity index (χ4n) is 2.47. The molecule has 1 amide bonds. The Labute approximate surface area is 109 Å². The van der Waals surface area contributed by atoms with Gasteiger partial charge in [0.25, 0.3) is 5.91 Å². The lowest BCUT2D eigenvalue weighted by Crippen LogP contribution is -2.29. The van der Waals surface area contributed by atoms with Crippen molar-refractivity contribution in [3.63, 3.8) is 0 Å². The van der Waals surface area contributed by atoms with E-state index in [0.29, 0.717) is 19.6 Å². The third kappa shape index (κ3) is 2.72. The fraction of sp³-hybridized carbons (Fsp3) is 0.533. The average Bonchev–Trinajstić information content (AvgIpc) is 2.55. The number of amides is 1. The third-order valence-electron chi connectivity index (χ3n) is 3.19. The van der Waals surface area contributed by atoms with Crippen LogP contribution in [0.25, 0.3) is 0 Å². The van der Waals surface area contributed by atoms with Gasteiger partial charge in [0.1, 0.15) is 0 Å². The highest BCUT2D eigenvalue weighted by molar-refractivity contribution is 5.98. The van der Waals surface area contributed by atoms with Crippen molar-refractivity contribution in [2.75, 3.05) is 13.1 Å². The lowest BCUT2D eigenvalue weighted by Gasteiger charge is -2.18. The molecule has 1 aliphatic rings. The molecule has 0 unspecified atom stereocenters. The van der Waals surface area contributed by atoms with Crippen molar-refractivity contribution in [3.05, 3.63) is 34.9 Å². The van der Waals surface area contributed by atoms with Gasteiger partial charge in [0.05, 0.1) is 0 Å². The number of carbonyl (C=O) groups excluding carboxylic acids is 1. The zero-order valence-corrected chi connectivity index (χ0v) is 11.5. The van der Waals surface area contributed by atoms with Crippen molar-refractivity contribution in [3.8, 4) is 0 Å². The second-order valence-corrected chi connectivity index (χ2v) is 6.24. The van der Waals surface area contributed by atoms with Crippen LogP contribution in [0.2, 0.25) is 0 Å². The highest BCUT2D eigenvalue weighted by atomic mass is 16.2. The molecule has 18 heavy (non-hydrogen) atoms. The summed E-state index contributed by atoms with van der Waals surface area (Å²) in [6.07, 6.45) is 0.991. The van der Waals surface area contributed by atoms with Gasteiger partial charge >= 0.3 is 0 Å². The topological polar surface area (TPSA) is 46.3 Å². The molecule has 3 nitrogen and oxygen atoms in total. The molecule has 0 aromatic heterocycles. The Morgan fingerprint density at radius 3 is 2.67 bits per heavy atom. The summed E-state index contributed by atoms with van der Waals surface area (Å²) in [6.45, 7) is 8.51. The zero-order valence-electron chi connectivity index (χ0n) is 11.5. The maximum atomic E-state index is 12.2. The molecule has 1 aliphatic heterocycles. The number of nitrogens with two attached hydrogens (primary N) is 1. The quantitative estimate of drug-likeness (QED) is 0.888. The third-order valence-corrected chi connectivity index (χ3v) is 3.19. The van der Waals surface area contributed by atoms with Gasteiger partial charge in [0, 0.05) is 25.2 Å². The number of hydrogen-bond donors (Lipinski definition) is 1. The van der Waals surface area contributed by atoms with Crippen LogP contribution in [0, 0.1) is 5.41 Å². The zero-order chi connectivity index (χ0) is 13.3. The predicted octanol–water partition coefficient (Wildman–Crippen LogP) is 2.19. The molecule has 0 aliphatic carbocycles. The minimum Gasteiger partial charge on any atom is -0.333 e. The van der Waals surface area contributed by atoms with Crippen LogP contribution in [0.1, 0.15) is 42.3 Å². The number of carbonyl (C=O) groups is 1. The van der Waals surface area contributed by atoms with Crippen molar-refractivity contribution in [1.82, 2.24) is 4.90 Å². The Morgan fingerprint density at radius 1 is 1.33 bits per heavy atom. The summed E-state index contributed by atoms with van der Waals surface area (Å²) in [5, 5.41) is 0. The summed E-state index contributed by atoms with van der Waals surface area (Å²) in [5.74, 6) is 0.131. The van der Waals surface area contributed by atoms with Crippen LogP contribution >= 0.6 is 0 Å². The van der Waals surface area contributed by atoms with E-state index in [1.165, 1.54) is 5.56 Å². The molecule has 98 valence electrons. The molecule has 0 saturated carbocycles. The normalized spacial score (nSPS) is 15.1. The number of benzene rings is 1. The van der Waals surface area contributed by atoms with Crippen LogP contribution in [0.15, 0.2) is 18.2 Å². The second kappa shape index (κ2) is 4.73. The van der Waals surface area contributed by atoms with Gasteiger partial charge in [0.15, 0.2) is 0 Å². The van der Waals surface area contributed by atoms with E-state index in [0.717, 1.165) is 17.5 Å². The number of hydrogen-bond acceptors (Lipinski definition) is 2. The molecule has 2 rings (SSSR count). The maximum absolute atomic E-state index is 12.2. The molecule has 3 heteroatoms. The van der Waals surface area contributed by atoms with Gasteiger partial charge in [-0.15, -0.1) is 0 Å². The van der Waals surface area contributed by atoms with Gasteiger partial charge < -0.3 is 10.6 Å². The van der Waals surface area contributed by atoms with Crippen molar-refractivity contribution < 1.29 is 4.79 Å². The first-order chi connectivity index (χ1) is 8.40. The molecular formula is C15H22N2O. The molecule has 1 heterocycles. The summed E-state index contributed by atoms with van der Waals surface area (Å²) in [5.41, 5.74) is 9.00. The van der Waals surface area contributed by atoms with Gasteiger partial charge in [0.2, 0.25) is 0 Å². The first kappa shape index (κ1) is 13.1. The SMILES string of the molecule is CC(C)(C)Cc1ccc2c(c1)C(=O)N(CCN)C2. The Kier molecular flexibility index (Phi) is 3.44. The molecule has 0 fully saturated rings. The Hall–Kier alpha value is -1.35. The van der Waals surface area contributed by atoms with Crippen molar-refractivity contribution in [1.29, 1.82) is 0 Å². The lowest BCUT2D eigenvalue weighted by atomic mass is 9.87. The van der Waals surface area contributed by atoms with E-state index in [2.05, 4.69) is 39.0 Å². The summed E-state index contributed by atoms with van der Waals surface area (Å²) < 4.78 is 0. The van der Waals surface area contributed by atoms with Crippen molar-refractivity contribution in [2.45, 2.75) is 33.7 Å². The van der Waals surface area contributed by atoms with Gasteiger partial charge in [-0.1, -0.05) is 32.9 Å². The number of nitrogens with zero attached hydrogens (tertiary/aromatic N) is 1. The highest BCUT2D eigenvalue weighted by Crippen LogP contribution is 2.27. The van der Waals surface area contributed by atoms with Crippen LogP contribution < -0.4 is 5.73 Å². The van der Waals surface area contributed by atoms with E-state index in [1.54, 1.807) is 0 Å². The molecule has 0 atom stereocenters. The maximum Gasteiger partial charge on any atom is 0.254 e. The molecule has 0 spiro atoms. The molecule has 1 aromatic carbocycles. The van der Waals surface area contributed by atoms with Crippen LogP contribution in [0.5, 0.6) is 0 Å². The predicted molar refractivity (Wildman–Crippen MR) is 73.4 cm³/mol. The fourth-order valence-corrected chi connectivity index (χ4v) is 2.47. The van der Waals surface area contributed by atoms with Gasteiger partial charge in [-0.25, -0.2) is 0 Å². The van der Waals surface area contributed by atoms with E-state index in [-0.39, 0.29) is 11.3 Å². The molecule has 0 saturated heterocycles. The minimum atomic E-state index is 0.131. The van der Waals surface area contributed by atoms with Crippen LogP contribution in [0.4, 0.5) is 0 Å². The van der Waals surface area contributed by atoms with Crippen LogP contribution in [0.3, 0.4) is 0 Å². The highest BCUT2D eigenvalue weighted by Gasteiger charge is 2.27. The smallest absolute Gasteiger partial charge is 0.254 e. The average molecular weight is 246 g/mol. The van der Waals surface area contributed by atoms with E-state index < -0.39 is 0 Å². The first-order valence-electron chi connectivity index (χ1n) is 6.52. The molecule has 0 radical (unpaired) electrons. The van der Waals surface area contributed by atoms with Crippen molar-refractivity contribution in [2.24, 2.45) is 11.1 Å². The summed E-state index contributed by atoms with van der Waals surface area (Å²) in [6, 6.07) is 6.29. The van der Waals surface area contributed by atoms with Crippen LogP contribution in [-0.2, 0) is 13.0 Å².